The van der Waals surface area contributed by atoms with Gasteiger partial charge in [0.1, 0.15) is 48.1 Å². The van der Waals surface area contributed by atoms with Crippen molar-refractivity contribution in [2.45, 2.75) is 158 Å². The van der Waals surface area contributed by atoms with Gasteiger partial charge < -0.3 is 51.6 Å². The smallest absolute Gasteiger partial charge is 0.243 e. The van der Waals surface area contributed by atoms with E-state index in [1.165, 1.54) is 13.3 Å². The van der Waals surface area contributed by atoms with E-state index >= 15 is 0 Å². The monoisotopic (exact) mass is 984 g/mol. The van der Waals surface area contributed by atoms with E-state index in [0.29, 0.717) is 11.2 Å². The van der Waals surface area contributed by atoms with Crippen LogP contribution in [0.1, 0.15) is 118 Å². The lowest BCUT2D eigenvalue weighted by molar-refractivity contribution is -0.185. The maximum absolute atomic E-state index is 13.3. The van der Waals surface area contributed by atoms with Crippen LogP contribution in [0.2, 0.25) is 0 Å². The molecule has 2 aliphatic heterocycles. The average Bonchev–Trinajstić information content (AvgIpc) is 3.82. The average molecular weight is 985 g/mol. The summed E-state index contributed by atoms with van der Waals surface area (Å²) in [6.45, 7) is 11.7. The van der Waals surface area contributed by atoms with Crippen LogP contribution in [0.15, 0.2) is 6.33 Å². The Morgan fingerprint density at radius 3 is 2.35 bits per heavy atom. The highest BCUT2D eigenvalue weighted by Gasteiger charge is 2.49. The predicted octanol–water partition coefficient (Wildman–Crippen LogP) is 1.28. The van der Waals surface area contributed by atoms with E-state index in [1.54, 1.807) is 13.8 Å². The van der Waals surface area contributed by atoms with E-state index in [-0.39, 0.29) is 46.4 Å². The van der Waals surface area contributed by atoms with Crippen LogP contribution in [-0.4, -0.2) is 141 Å². The first kappa shape index (κ1) is 50.6. The molecule has 62 heavy (non-hydrogen) atoms. The molecule has 21 heteroatoms. The highest BCUT2D eigenvalue weighted by atomic mass is 127. The van der Waals surface area contributed by atoms with Crippen LogP contribution in [0.3, 0.4) is 0 Å². The van der Waals surface area contributed by atoms with E-state index in [2.05, 4.69) is 89.9 Å². The summed E-state index contributed by atoms with van der Waals surface area (Å²) in [6.07, 6.45) is 1.96. The lowest BCUT2D eigenvalue weighted by Gasteiger charge is -2.42. The minimum atomic E-state index is -1.62. The number of H-pyrrole nitrogens is 1. The van der Waals surface area contributed by atoms with Gasteiger partial charge in [0.2, 0.25) is 35.4 Å². The van der Waals surface area contributed by atoms with Gasteiger partial charge in [-0.3, -0.25) is 33.7 Å². The van der Waals surface area contributed by atoms with Gasteiger partial charge in [-0.05, 0) is 32.1 Å². The Kier molecular flexibility index (Phi) is 18.8. The highest BCUT2D eigenvalue weighted by molar-refractivity contribution is 14.1. The lowest BCUT2D eigenvalue weighted by atomic mass is 9.84. The number of imidazole rings is 1. The Balaban J connectivity index is 1.26. The van der Waals surface area contributed by atoms with Crippen LogP contribution in [0.5, 0.6) is 0 Å². The van der Waals surface area contributed by atoms with E-state index in [1.807, 2.05) is 6.92 Å². The largest absolute Gasteiger partial charge is 0.394 e. The van der Waals surface area contributed by atoms with Crippen LogP contribution in [0.4, 0.5) is 5.82 Å². The second-order valence-corrected chi connectivity index (χ2v) is 18.9. The van der Waals surface area contributed by atoms with Crippen molar-refractivity contribution in [2.75, 3.05) is 25.0 Å². The number of aliphatic hydroxyl groups is 3. The number of aliphatic hydroxyl groups excluding tert-OH is 3. The van der Waals surface area contributed by atoms with Crippen molar-refractivity contribution < 1.29 is 48.8 Å². The van der Waals surface area contributed by atoms with Crippen molar-refractivity contribution in [3.05, 3.63) is 12.2 Å². The van der Waals surface area contributed by atoms with E-state index in [4.69, 9.17) is 4.74 Å². The Labute approximate surface area is 375 Å². The van der Waals surface area contributed by atoms with Crippen LogP contribution in [0, 0.1) is 11.8 Å². The summed E-state index contributed by atoms with van der Waals surface area (Å²) in [7, 11) is 0. The van der Waals surface area contributed by atoms with Crippen molar-refractivity contribution >= 4 is 75.0 Å². The van der Waals surface area contributed by atoms with Gasteiger partial charge in [-0.1, -0.05) is 89.8 Å². The number of unbranched alkanes of at least 4 members (excludes halogenated alkanes) is 2. The number of likely N-dealkylation sites (tertiary alicyclic amines) is 1. The van der Waals surface area contributed by atoms with Crippen molar-refractivity contribution in [3.8, 4) is 0 Å². The molecular weight excluding hydrogens is 919 g/mol. The molecule has 2 aromatic heterocycles. The summed E-state index contributed by atoms with van der Waals surface area (Å²) in [6, 6.07) is -3.48. The SMILES string of the molecule is CCCCC(C)c1nc2ncnc(N[C@H]3O[C@@H](CO)[C@H](NC(=O)CNC(=O)[C@H](C)NC(=O)[C@@H](NC(=O)CCN4C(=O)CC(C(I)(CC)CCCC)C4=O)C(C)C)[C@@H](O)[C@@H]3O)c2[nH]1. The molecule has 0 aromatic carbocycles. The zero-order valence-corrected chi connectivity index (χ0v) is 38.9. The second-order valence-electron chi connectivity index (χ2n) is 16.7. The first-order valence-corrected chi connectivity index (χ1v) is 22.8. The number of nitrogens with zero attached hydrogens (tertiary/aromatic N) is 4. The van der Waals surface area contributed by atoms with Gasteiger partial charge in [0, 0.05) is 28.7 Å². The molecule has 6 amide bonds. The van der Waals surface area contributed by atoms with Crippen molar-refractivity contribution in [1.82, 2.24) is 46.1 Å². The lowest BCUT2D eigenvalue weighted by Crippen LogP contribution is -2.66. The summed E-state index contributed by atoms with van der Waals surface area (Å²) in [4.78, 5) is 95.8. The molecule has 0 aliphatic carbocycles. The van der Waals surface area contributed by atoms with Gasteiger partial charge in [0.15, 0.2) is 17.7 Å². The fourth-order valence-electron chi connectivity index (χ4n) is 7.70. The maximum Gasteiger partial charge on any atom is 0.243 e. The maximum atomic E-state index is 13.3. The van der Waals surface area contributed by atoms with Gasteiger partial charge in [0.25, 0.3) is 0 Å². The van der Waals surface area contributed by atoms with Gasteiger partial charge >= 0.3 is 0 Å². The molecule has 10 atom stereocenters. The molecule has 0 spiro atoms. The number of hydrogen-bond acceptors (Lipinski definition) is 14. The molecule has 3 unspecified atom stereocenters. The summed E-state index contributed by atoms with van der Waals surface area (Å²) in [5.41, 5.74) is 0.861. The molecule has 0 radical (unpaired) electrons. The standard InChI is InChI=1S/C41H65IN10O10/c1-8-11-13-22(6)34-49-31-35(50-34)44-20-45-36(31)51-39-33(58)32(57)30(25(19-53)62-39)48-27(55)18-43-37(59)23(7)46-38(60)29(21(4)5)47-26(54)14-16-52-28(56)17-24(40(52)61)41(42,10-3)15-12-9-2/h20-25,29-30,32-33,39,53,57-58H,8-19H2,1-7H3,(H,43,59)(H,46,60)(H,47,54)(H,48,55)(H2,44,45,49,50,51)/t22?,23-,24?,25-,29-,30-,32+,33-,39-,41?/m0/s1. The number of imide groups is 1. The number of aromatic amines is 1. The van der Waals surface area contributed by atoms with Gasteiger partial charge in [-0.25, -0.2) is 15.0 Å². The van der Waals surface area contributed by atoms with Crippen LogP contribution in [-0.2, 0) is 33.5 Å². The van der Waals surface area contributed by atoms with Gasteiger partial charge in [-0.2, -0.15) is 0 Å². The third-order valence-corrected chi connectivity index (χ3v) is 13.8. The first-order valence-electron chi connectivity index (χ1n) is 21.7. The molecule has 20 nitrogen and oxygen atoms in total. The zero-order valence-electron chi connectivity index (χ0n) is 36.7. The third kappa shape index (κ3) is 12.6. The van der Waals surface area contributed by atoms with Crippen molar-refractivity contribution in [2.24, 2.45) is 11.8 Å². The predicted molar refractivity (Wildman–Crippen MR) is 236 cm³/mol. The summed E-state index contributed by atoms with van der Waals surface area (Å²) < 4.78 is 5.53. The molecule has 9 N–H and O–H groups in total. The Hall–Kier alpha value is -4.06. The normalized spacial score (nSPS) is 24.0. The fourth-order valence-corrected chi connectivity index (χ4v) is 8.57. The Morgan fingerprint density at radius 1 is 1.00 bits per heavy atom. The number of hydrogen-bond donors (Lipinski definition) is 9. The summed E-state index contributed by atoms with van der Waals surface area (Å²) in [5, 5.41) is 45.3. The zero-order chi connectivity index (χ0) is 45.9. The number of nitrogens with one attached hydrogen (secondary N) is 6. The molecule has 4 rings (SSSR count). The molecule has 2 aromatic rings. The van der Waals surface area contributed by atoms with Crippen LogP contribution >= 0.6 is 22.6 Å². The van der Waals surface area contributed by atoms with E-state index in [9.17, 15) is 44.1 Å². The number of fused-ring (bicyclic) bond motifs is 1. The number of carbonyl (C=O) groups is 6. The van der Waals surface area contributed by atoms with Gasteiger partial charge in [-0.15, -0.1) is 0 Å². The highest BCUT2D eigenvalue weighted by Crippen LogP contribution is 2.43. The first-order chi connectivity index (χ1) is 29.4. The van der Waals surface area contributed by atoms with Gasteiger partial charge in [0.05, 0.1) is 25.1 Å². The molecule has 4 heterocycles. The number of ether oxygens (including phenoxy) is 1. The Bertz CT molecular complexity index is 1880. The number of rotatable bonds is 23. The summed E-state index contributed by atoms with van der Waals surface area (Å²) in [5.74, 6) is -3.09. The topological polar surface area (TPSA) is 290 Å². The van der Waals surface area contributed by atoms with Crippen LogP contribution < -0.4 is 26.6 Å². The molecule has 2 fully saturated rings. The number of aromatic nitrogens is 4. The molecule has 0 bridgehead atoms. The number of carbonyl (C=O) groups excluding carboxylic acids is 6. The molecule has 2 saturated heterocycles. The Morgan fingerprint density at radius 2 is 1.71 bits per heavy atom. The van der Waals surface area contributed by atoms with E-state index in [0.717, 1.165) is 55.7 Å². The molecule has 2 aliphatic rings. The molecule has 0 saturated carbocycles. The fraction of sp³-hybridized carbons (Fsp3) is 0.732. The number of alkyl halides is 1. The number of amides is 6. The minimum Gasteiger partial charge on any atom is -0.394 e. The number of halogens is 1. The second kappa shape index (κ2) is 23.0. The number of anilines is 1. The summed E-state index contributed by atoms with van der Waals surface area (Å²) >= 11 is 2.31. The van der Waals surface area contributed by atoms with Crippen LogP contribution in [0.25, 0.3) is 11.2 Å². The molecular formula is C41H65IN10O10. The quantitative estimate of drug-likeness (QED) is 0.0431. The van der Waals surface area contributed by atoms with Crippen molar-refractivity contribution in [1.29, 1.82) is 0 Å². The van der Waals surface area contributed by atoms with Crippen molar-refractivity contribution in [3.63, 3.8) is 0 Å². The minimum absolute atomic E-state index is 0.0996. The molecule has 346 valence electrons. The van der Waals surface area contributed by atoms with E-state index < -0.39 is 91.3 Å². The third-order valence-electron chi connectivity index (χ3n) is 11.7.